The standard InChI is InChI=1S/C36H62O18/c1-2-3-4-5-6-7-8-9-10-11-12-13-14-15-16-17-24(40)53-36(33(47)28(44)25(41)21(18-37)52-36)54-32-23(20-39)50-35(30(46)27(32)43)51-31-22(19-38)49-34(48)29(45)26(31)42/h6-7,9-10,21-23,25-35,37-39,41-48H,2-5,8,11-20H2,1H3/b7-6-,10-9-/t21-,22-,23-,25-,26-,27-,28+,29-,30-,31-,32-,33-,34+,35?,36?/m1/s1. The number of aliphatic hydroxyl groups is 11. The highest BCUT2D eigenvalue weighted by atomic mass is 16.9. The largest absolute Gasteiger partial charge is 0.405 e. The van der Waals surface area contributed by atoms with Gasteiger partial charge in [-0.2, -0.15) is 0 Å². The van der Waals surface area contributed by atoms with Crippen LogP contribution in [0.2, 0.25) is 0 Å². The van der Waals surface area contributed by atoms with E-state index in [4.69, 9.17) is 28.4 Å². The molecule has 0 radical (unpaired) electrons. The molecule has 0 spiro atoms. The fraction of sp³-hybridized carbons (Fsp3) is 0.861. The molecule has 0 aromatic carbocycles. The molecule has 18 nitrogen and oxygen atoms in total. The van der Waals surface area contributed by atoms with Gasteiger partial charge in [-0.25, -0.2) is 0 Å². The fourth-order valence-corrected chi connectivity index (χ4v) is 6.50. The van der Waals surface area contributed by atoms with Crippen molar-refractivity contribution in [1.82, 2.24) is 0 Å². The lowest BCUT2D eigenvalue weighted by atomic mass is 9.95. The molecule has 0 aromatic heterocycles. The van der Waals surface area contributed by atoms with Crippen LogP contribution in [-0.4, -0.2) is 174 Å². The van der Waals surface area contributed by atoms with Crippen LogP contribution in [0.3, 0.4) is 0 Å². The van der Waals surface area contributed by atoms with E-state index in [1.165, 1.54) is 19.3 Å². The SMILES string of the molecule is CCCCC/C=C\C/C=C\CCCCCCCC(=O)OC1(O[C@H]2[C@H](O)[C@@H](O)C(O[C@H]3[C@H](O)[C@@H](O)[C@@H](O)O[C@@H]3CO)O[C@@H]2CO)O[C@H](CO)[C@@H](O)[C@H](O)[C@H]1O. The zero-order chi connectivity index (χ0) is 39.8. The van der Waals surface area contributed by atoms with Gasteiger partial charge in [0.2, 0.25) is 0 Å². The van der Waals surface area contributed by atoms with E-state index in [0.717, 1.165) is 38.5 Å². The lowest BCUT2D eigenvalue weighted by Gasteiger charge is -2.51. The van der Waals surface area contributed by atoms with Gasteiger partial charge in [-0.3, -0.25) is 4.79 Å². The third-order valence-corrected chi connectivity index (χ3v) is 9.75. The first-order chi connectivity index (χ1) is 25.8. The first kappa shape index (κ1) is 46.7. The van der Waals surface area contributed by atoms with Crippen molar-refractivity contribution in [2.45, 2.75) is 176 Å². The average Bonchev–Trinajstić information content (AvgIpc) is 3.16. The van der Waals surface area contributed by atoms with E-state index in [9.17, 15) is 61.0 Å². The molecule has 0 aliphatic carbocycles. The molecule has 0 bridgehead atoms. The number of carbonyl (C=O) groups excluding carboxylic acids is 1. The van der Waals surface area contributed by atoms with Gasteiger partial charge in [0, 0.05) is 6.42 Å². The Hall–Kier alpha value is -1.69. The second-order valence-electron chi connectivity index (χ2n) is 13.9. The Morgan fingerprint density at radius 1 is 0.630 bits per heavy atom. The number of hydrogen-bond acceptors (Lipinski definition) is 18. The van der Waals surface area contributed by atoms with E-state index >= 15 is 0 Å². The fourth-order valence-electron chi connectivity index (χ4n) is 6.50. The van der Waals surface area contributed by atoms with Gasteiger partial charge >= 0.3 is 11.9 Å². The normalized spacial score (nSPS) is 39.0. The molecule has 0 aromatic rings. The van der Waals surface area contributed by atoms with Crippen LogP contribution in [-0.2, 0) is 33.2 Å². The van der Waals surface area contributed by atoms with Crippen molar-refractivity contribution in [3.8, 4) is 0 Å². The molecule has 0 saturated carbocycles. The Labute approximate surface area is 315 Å². The Bertz CT molecular complexity index is 1120. The smallest absolute Gasteiger partial charge is 0.360 e. The zero-order valence-corrected chi connectivity index (χ0v) is 30.8. The van der Waals surface area contributed by atoms with Crippen molar-refractivity contribution >= 4 is 5.97 Å². The van der Waals surface area contributed by atoms with E-state index in [-0.39, 0.29) is 6.42 Å². The minimum Gasteiger partial charge on any atom is -0.405 e. The summed E-state index contributed by atoms with van der Waals surface area (Å²) in [6, 6.07) is 0. The van der Waals surface area contributed by atoms with E-state index in [1.54, 1.807) is 0 Å². The van der Waals surface area contributed by atoms with E-state index in [0.29, 0.717) is 12.8 Å². The molecule has 3 fully saturated rings. The average molecular weight is 783 g/mol. The minimum atomic E-state index is -2.99. The Morgan fingerprint density at radius 3 is 1.83 bits per heavy atom. The van der Waals surface area contributed by atoms with Crippen molar-refractivity contribution in [2.24, 2.45) is 0 Å². The zero-order valence-electron chi connectivity index (χ0n) is 30.8. The van der Waals surface area contributed by atoms with Crippen LogP contribution >= 0.6 is 0 Å². The van der Waals surface area contributed by atoms with Crippen LogP contribution in [0, 0.1) is 0 Å². The number of rotatable bonds is 22. The summed E-state index contributed by atoms with van der Waals surface area (Å²) in [6.45, 7) is -0.545. The number of esters is 1. The van der Waals surface area contributed by atoms with E-state index < -0.39 is 118 Å². The van der Waals surface area contributed by atoms with Gasteiger partial charge in [-0.05, 0) is 38.5 Å². The Morgan fingerprint density at radius 2 is 1.20 bits per heavy atom. The van der Waals surface area contributed by atoms with Gasteiger partial charge < -0.3 is 84.6 Å². The summed E-state index contributed by atoms with van der Waals surface area (Å²) < 4.78 is 32.9. The molecule has 2 unspecified atom stereocenters. The molecule has 0 amide bonds. The molecule has 3 aliphatic heterocycles. The molecule has 314 valence electrons. The second kappa shape index (κ2) is 23.5. The maximum absolute atomic E-state index is 13.1. The maximum atomic E-state index is 13.1. The van der Waals surface area contributed by atoms with Crippen molar-refractivity contribution in [3.05, 3.63) is 24.3 Å². The molecule has 11 N–H and O–H groups in total. The molecule has 54 heavy (non-hydrogen) atoms. The Balaban J connectivity index is 1.61. The molecular formula is C36H62O18. The van der Waals surface area contributed by atoms with Gasteiger partial charge in [0.25, 0.3) is 0 Å². The van der Waals surface area contributed by atoms with Crippen LogP contribution in [0.15, 0.2) is 24.3 Å². The van der Waals surface area contributed by atoms with Crippen LogP contribution < -0.4 is 0 Å². The number of hydrogen-bond donors (Lipinski definition) is 11. The molecule has 18 heteroatoms. The Kier molecular flexibility index (Phi) is 20.3. The van der Waals surface area contributed by atoms with Gasteiger partial charge in [0.15, 0.2) is 18.7 Å². The first-order valence-electron chi connectivity index (χ1n) is 19.0. The maximum Gasteiger partial charge on any atom is 0.360 e. The molecule has 3 rings (SSSR count). The summed E-state index contributed by atoms with van der Waals surface area (Å²) in [6.07, 6.45) is -7.50. The van der Waals surface area contributed by atoms with E-state index in [2.05, 4.69) is 31.2 Å². The minimum absolute atomic E-state index is 0.196. The lowest BCUT2D eigenvalue weighted by Crippen LogP contribution is -2.71. The van der Waals surface area contributed by atoms with Crippen molar-refractivity contribution < 1.29 is 89.4 Å². The van der Waals surface area contributed by atoms with Gasteiger partial charge in [-0.15, -0.1) is 0 Å². The third kappa shape index (κ3) is 12.7. The lowest BCUT2D eigenvalue weighted by molar-refractivity contribution is -0.473. The summed E-state index contributed by atoms with van der Waals surface area (Å²) in [5, 5.41) is 114. The third-order valence-electron chi connectivity index (χ3n) is 9.75. The summed E-state index contributed by atoms with van der Waals surface area (Å²) in [4.78, 5) is 13.1. The molecular weight excluding hydrogens is 720 g/mol. The number of allylic oxidation sites excluding steroid dienone is 4. The van der Waals surface area contributed by atoms with Gasteiger partial charge in [-0.1, -0.05) is 63.3 Å². The van der Waals surface area contributed by atoms with Crippen LogP contribution in [0.5, 0.6) is 0 Å². The highest BCUT2D eigenvalue weighted by Crippen LogP contribution is 2.38. The molecule has 15 atom stereocenters. The van der Waals surface area contributed by atoms with Gasteiger partial charge in [0.1, 0.15) is 67.1 Å². The highest BCUT2D eigenvalue weighted by Gasteiger charge is 2.61. The predicted octanol–water partition coefficient (Wildman–Crippen LogP) is -1.89. The topological polar surface area (TPSA) is 295 Å². The monoisotopic (exact) mass is 782 g/mol. The quantitative estimate of drug-likeness (QED) is 0.0248. The summed E-state index contributed by atoms with van der Waals surface area (Å²) in [5.74, 6) is -3.97. The second-order valence-corrected chi connectivity index (χ2v) is 13.9. The molecule has 3 heterocycles. The summed E-state index contributed by atoms with van der Waals surface area (Å²) in [7, 11) is 0. The number of aliphatic hydroxyl groups excluding tert-OH is 11. The van der Waals surface area contributed by atoms with Crippen LogP contribution in [0.4, 0.5) is 0 Å². The summed E-state index contributed by atoms with van der Waals surface area (Å²) in [5.41, 5.74) is 0. The molecule has 3 aliphatic rings. The van der Waals surface area contributed by atoms with Crippen LogP contribution in [0.1, 0.15) is 84.0 Å². The van der Waals surface area contributed by atoms with Crippen molar-refractivity contribution in [2.75, 3.05) is 19.8 Å². The number of unbranched alkanes of at least 4 members (excludes halogenated alkanes) is 8. The highest BCUT2D eigenvalue weighted by molar-refractivity contribution is 5.69. The van der Waals surface area contributed by atoms with Crippen molar-refractivity contribution in [3.63, 3.8) is 0 Å². The van der Waals surface area contributed by atoms with E-state index in [1.807, 2.05) is 0 Å². The molecule has 3 saturated heterocycles. The summed E-state index contributed by atoms with van der Waals surface area (Å²) >= 11 is 0. The first-order valence-corrected chi connectivity index (χ1v) is 19.0. The number of ether oxygens (including phenoxy) is 6. The number of carbonyl (C=O) groups is 1. The van der Waals surface area contributed by atoms with Crippen molar-refractivity contribution in [1.29, 1.82) is 0 Å². The van der Waals surface area contributed by atoms with Crippen LogP contribution in [0.25, 0.3) is 0 Å². The predicted molar refractivity (Wildman–Crippen MR) is 186 cm³/mol. The van der Waals surface area contributed by atoms with Gasteiger partial charge in [0.05, 0.1) is 19.8 Å².